The molecule has 1 N–H and O–H groups in total. The molecule has 0 spiro atoms. The summed E-state index contributed by atoms with van der Waals surface area (Å²) in [5.41, 5.74) is 0. The van der Waals surface area contributed by atoms with Gasteiger partial charge in [-0.15, -0.1) is 0 Å². The molecule has 0 radical (unpaired) electrons. The van der Waals surface area contributed by atoms with E-state index < -0.39 is 0 Å². The quantitative estimate of drug-likeness (QED) is 0.904. The average molecular weight is 269 g/mol. The zero-order chi connectivity index (χ0) is 13.0. The molecule has 1 amide bonds. The van der Waals surface area contributed by atoms with Crippen molar-refractivity contribution in [2.75, 3.05) is 26.2 Å². The number of carbonyl (C=O) groups excluding carboxylic acids is 1. The van der Waals surface area contributed by atoms with Gasteiger partial charge in [0, 0.05) is 25.7 Å². The van der Waals surface area contributed by atoms with Crippen LogP contribution in [0.5, 0.6) is 5.75 Å². The van der Waals surface area contributed by atoms with Crippen molar-refractivity contribution < 1.29 is 9.53 Å². The average Bonchev–Trinajstić information content (AvgIpc) is 2.38. The Kier molecular flexibility index (Phi) is 4.44. The van der Waals surface area contributed by atoms with Crippen LogP contribution in [0.1, 0.15) is 6.92 Å². The third kappa shape index (κ3) is 3.15. The van der Waals surface area contributed by atoms with Crippen LogP contribution >= 0.6 is 11.6 Å². The maximum Gasteiger partial charge on any atom is 0.260 e. The van der Waals surface area contributed by atoms with Crippen molar-refractivity contribution in [1.29, 1.82) is 0 Å². The minimum absolute atomic E-state index is 0.00363. The lowest BCUT2D eigenvalue weighted by Gasteiger charge is -2.33. The summed E-state index contributed by atoms with van der Waals surface area (Å²) < 4.78 is 5.46. The number of nitrogens with zero attached hydrogens (tertiary/aromatic N) is 1. The van der Waals surface area contributed by atoms with E-state index in [9.17, 15) is 4.79 Å². The van der Waals surface area contributed by atoms with Crippen LogP contribution in [0.2, 0.25) is 5.02 Å². The molecule has 0 saturated carbocycles. The van der Waals surface area contributed by atoms with Crippen LogP contribution in [0, 0.1) is 0 Å². The van der Waals surface area contributed by atoms with E-state index in [0.717, 1.165) is 19.6 Å². The predicted octanol–water partition coefficient (Wildman–Crippen LogP) is 1.54. The Labute approximate surface area is 112 Å². The van der Waals surface area contributed by atoms with Crippen molar-refractivity contribution in [3.8, 4) is 5.75 Å². The van der Waals surface area contributed by atoms with Crippen molar-refractivity contribution in [1.82, 2.24) is 10.2 Å². The summed E-state index contributed by atoms with van der Waals surface area (Å²) >= 11 is 5.96. The molecule has 1 heterocycles. The maximum atomic E-state index is 12.0. The van der Waals surface area contributed by atoms with Crippen molar-refractivity contribution in [2.24, 2.45) is 0 Å². The molecule has 1 aromatic rings. The minimum atomic E-state index is 0.00363. The first-order chi connectivity index (χ1) is 8.68. The summed E-state index contributed by atoms with van der Waals surface area (Å²) in [4.78, 5) is 13.9. The molecule has 1 aliphatic rings. The van der Waals surface area contributed by atoms with Crippen LogP contribution in [0.4, 0.5) is 0 Å². The van der Waals surface area contributed by atoms with Gasteiger partial charge in [-0.1, -0.05) is 23.7 Å². The molecule has 1 aliphatic heterocycles. The fourth-order valence-corrected chi connectivity index (χ4v) is 2.19. The molecule has 4 nitrogen and oxygen atoms in total. The number of amides is 1. The van der Waals surface area contributed by atoms with Crippen LogP contribution in [0.15, 0.2) is 24.3 Å². The Hall–Kier alpha value is -1.26. The van der Waals surface area contributed by atoms with Gasteiger partial charge in [0.2, 0.25) is 0 Å². The Bertz CT molecular complexity index is 425. The summed E-state index contributed by atoms with van der Waals surface area (Å²) in [5.74, 6) is 0.555. The highest BCUT2D eigenvalue weighted by atomic mass is 35.5. The van der Waals surface area contributed by atoms with Gasteiger partial charge < -0.3 is 15.0 Å². The van der Waals surface area contributed by atoms with E-state index in [1.54, 1.807) is 12.1 Å². The summed E-state index contributed by atoms with van der Waals surface area (Å²) in [6, 6.07) is 7.38. The Morgan fingerprint density at radius 3 is 3.06 bits per heavy atom. The van der Waals surface area contributed by atoms with E-state index in [2.05, 4.69) is 5.32 Å². The van der Waals surface area contributed by atoms with Gasteiger partial charge >= 0.3 is 0 Å². The fraction of sp³-hybridized carbons (Fsp3) is 0.462. The van der Waals surface area contributed by atoms with Gasteiger partial charge in [0.25, 0.3) is 5.91 Å². The SMILES string of the molecule is CC1CNCCN1C(=O)COc1ccccc1Cl. The van der Waals surface area contributed by atoms with Gasteiger partial charge in [-0.2, -0.15) is 0 Å². The number of hydrogen-bond donors (Lipinski definition) is 1. The normalized spacial score (nSPS) is 19.7. The Balaban J connectivity index is 1.90. The molecule has 1 fully saturated rings. The first-order valence-corrected chi connectivity index (χ1v) is 6.44. The summed E-state index contributed by atoms with van der Waals surface area (Å²) in [6.45, 7) is 4.46. The number of carbonyl (C=O) groups is 1. The van der Waals surface area contributed by atoms with E-state index in [1.165, 1.54) is 0 Å². The van der Waals surface area contributed by atoms with Crippen LogP contribution in [0.3, 0.4) is 0 Å². The summed E-state index contributed by atoms with van der Waals surface area (Å²) in [7, 11) is 0. The van der Waals surface area contributed by atoms with Crippen LogP contribution in [0.25, 0.3) is 0 Å². The molecule has 1 aromatic carbocycles. The van der Waals surface area contributed by atoms with Gasteiger partial charge in [-0.25, -0.2) is 0 Å². The number of para-hydroxylation sites is 1. The third-order valence-corrected chi connectivity index (χ3v) is 3.32. The van der Waals surface area contributed by atoms with E-state index in [-0.39, 0.29) is 18.6 Å². The second-order valence-electron chi connectivity index (χ2n) is 4.36. The lowest BCUT2D eigenvalue weighted by Crippen LogP contribution is -2.53. The maximum absolute atomic E-state index is 12.0. The van der Waals surface area contributed by atoms with Gasteiger partial charge in [-0.05, 0) is 19.1 Å². The standard InChI is InChI=1S/C13H17ClN2O2/c1-10-8-15-6-7-16(10)13(17)9-18-12-5-3-2-4-11(12)14/h2-5,10,15H,6-9H2,1H3. The largest absolute Gasteiger partial charge is 0.482 e. The van der Waals surface area contributed by atoms with Gasteiger partial charge in [0.1, 0.15) is 5.75 Å². The molecule has 0 aliphatic carbocycles. The Morgan fingerprint density at radius 1 is 1.56 bits per heavy atom. The van der Waals surface area contributed by atoms with E-state index in [0.29, 0.717) is 10.8 Å². The van der Waals surface area contributed by atoms with Crippen molar-refractivity contribution in [3.05, 3.63) is 29.3 Å². The van der Waals surface area contributed by atoms with E-state index in [4.69, 9.17) is 16.3 Å². The zero-order valence-corrected chi connectivity index (χ0v) is 11.1. The molecule has 2 rings (SSSR count). The molecular weight excluding hydrogens is 252 g/mol. The number of halogens is 1. The molecule has 0 aromatic heterocycles. The number of ether oxygens (including phenoxy) is 1. The predicted molar refractivity (Wildman–Crippen MR) is 71.0 cm³/mol. The molecule has 5 heteroatoms. The molecular formula is C13H17ClN2O2. The summed E-state index contributed by atoms with van der Waals surface area (Å²) in [6.07, 6.45) is 0. The van der Waals surface area contributed by atoms with E-state index >= 15 is 0 Å². The lowest BCUT2D eigenvalue weighted by atomic mass is 10.2. The van der Waals surface area contributed by atoms with Crippen LogP contribution in [-0.2, 0) is 4.79 Å². The van der Waals surface area contributed by atoms with E-state index in [1.807, 2.05) is 24.0 Å². The highest BCUT2D eigenvalue weighted by molar-refractivity contribution is 6.32. The summed E-state index contributed by atoms with van der Waals surface area (Å²) in [5, 5.41) is 3.77. The fourth-order valence-electron chi connectivity index (χ4n) is 2.00. The number of rotatable bonds is 3. The van der Waals surface area contributed by atoms with Crippen LogP contribution in [-0.4, -0.2) is 43.1 Å². The second kappa shape index (κ2) is 6.07. The molecule has 0 bridgehead atoms. The molecule has 1 unspecified atom stereocenters. The third-order valence-electron chi connectivity index (χ3n) is 3.01. The highest BCUT2D eigenvalue weighted by Gasteiger charge is 2.23. The smallest absolute Gasteiger partial charge is 0.260 e. The first kappa shape index (κ1) is 13.2. The van der Waals surface area contributed by atoms with Crippen molar-refractivity contribution in [2.45, 2.75) is 13.0 Å². The molecule has 1 saturated heterocycles. The topological polar surface area (TPSA) is 41.6 Å². The lowest BCUT2D eigenvalue weighted by molar-refractivity contribution is -0.136. The number of piperazine rings is 1. The van der Waals surface area contributed by atoms with Crippen molar-refractivity contribution in [3.63, 3.8) is 0 Å². The molecule has 1 atom stereocenters. The zero-order valence-electron chi connectivity index (χ0n) is 10.4. The Morgan fingerprint density at radius 2 is 2.33 bits per heavy atom. The minimum Gasteiger partial charge on any atom is -0.482 e. The van der Waals surface area contributed by atoms with Gasteiger partial charge in [0.05, 0.1) is 5.02 Å². The number of hydrogen-bond acceptors (Lipinski definition) is 3. The van der Waals surface area contributed by atoms with Gasteiger partial charge in [-0.3, -0.25) is 4.79 Å². The number of nitrogens with one attached hydrogen (secondary N) is 1. The first-order valence-electron chi connectivity index (χ1n) is 6.06. The van der Waals surface area contributed by atoms with Crippen LogP contribution < -0.4 is 10.1 Å². The van der Waals surface area contributed by atoms with Crippen molar-refractivity contribution >= 4 is 17.5 Å². The molecule has 18 heavy (non-hydrogen) atoms. The number of benzene rings is 1. The monoisotopic (exact) mass is 268 g/mol. The second-order valence-corrected chi connectivity index (χ2v) is 4.77. The molecule has 98 valence electrons. The highest BCUT2D eigenvalue weighted by Crippen LogP contribution is 2.23. The van der Waals surface area contributed by atoms with Gasteiger partial charge in [0.15, 0.2) is 6.61 Å².